The number of carbonyl (C=O) groups is 2. The third-order valence-corrected chi connectivity index (χ3v) is 3.28. The summed E-state index contributed by atoms with van der Waals surface area (Å²) < 4.78 is 27.8. The van der Waals surface area contributed by atoms with Crippen LogP contribution in [0.5, 0.6) is 5.75 Å². The lowest BCUT2D eigenvalue weighted by Gasteiger charge is -2.13. The summed E-state index contributed by atoms with van der Waals surface area (Å²) in [6.45, 7) is -2.13. The van der Waals surface area contributed by atoms with Crippen LogP contribution in [0.3, 0.4) is 0 Å². The number of carboxylic acids is 1. The molecular weight excluding hydrogens is 350 g/mol. The largest absolute Gasteiger partial charge is 0.547 e. The van der Waals surface area contributed by atoms with Gasteiger partial charge in [0.15, 0.2) is 0 Å². The van der Waals surface area contributed by atoms with Gasteiger partial charge in [-0.05, 0) is 43.1 Å². The molecule has 0 unspecified atom stereocenters. The van der Waals surface area contributed by atoms with E-state index in [1.807, 2.05) is 0 Å². The van der Waals surface area contributed by atoms with Crippen LogP contribution in [0.4, 0.5) is 8.78 Å². The van der Waals surface area contributed by atoms with Gasteiger partial charge in [0.1, 0.15) is 11.9 Å². The van der Waals surface area contributed by atoms with Gasteiger partial charge in [0, 0.05) is 5.02 Å². The molecule has 0 saturated carbocycles. The van der Waals surface area contributed by atoms with Gasteiger partial charge in [-0.2, -0.15) is 8.78 Å². The van der Waals surface area contributed by atoms with E-state index in [1.165, 1.54) is 0 Å². The summed E-state index contributed by atoms with van der Waals surface area (Å²) in [5.41, 5.74) is 4.80. The topological polar surface area (TPSA) is 125 Å². The Morgan fingerprint density at radius 3 is 2.50 bits per heavy atom. The molecule has 10 heteroatoms. The van der Waals surface area contributed by atoms with Crippen molar-refractivity contribution in [3.8, 4) is 5.75 Å². The number of aliphatic hydroxyl groups is 1. The lowest BCUT2D eigenvalue weighted by Crippen LogP contribution is -2.36. The highest BCUT2D eigenvalue weighted by molar-refractivity contribution is 6.30. The fraction of sp³-hybridized carbons (Fsp3) is 0.429. The molecule has 1 saturated heterocycles. The van der Waals surface area contributed by atoms with Gasteiger partial charge in [-0.1, -0.05) is 11.6 Å². The molecule has 1 aromatic rings. The van der Waals surface area contributed by atoms with Crippen molar-refractivity contribution in [2.24, 2.45) is 5.73 Å². The van der Waals surface area contributed by atoms with Crippen molar-refractivity contribution >= 4 is 23.5 Å². The number of halogens is 3. The van der Waals surface area contributed by atoms with E-state index < -0.39 is 18.7 Å². The van der Waals surface area contributed by atoms with E-state index in [2.05, 4.69) is 10.1 Å². The number of ether oxygens (including phenoxy) is 1. The summed E-state index contributed by atoms with van der Waals surface area (Å²) in [5, 5.41) is 22.4. The monoisotopic (exact) mass is 365 g/mol. The van der Waals surface area contributed by atoms with Crippen LogP contribution < -0.4 is 20.9 Å². The Morgan fingerprint density at radius 1 is 1.42 bits per heavy atom. The van der Waals surface area contributed by atoms with Gasteiger partial charge in [-0.3, -0.25) is 4.79 Å². The van der Waals surface area contributed by atoms with Crippen LogP contribution in [0.2, 0.25) is 5.02 Å². The maximum absolute atomic E-state index is 11.9. The van der Waals surface area contributed by atoms with E-state index in [0.717, 1.165) is 37.6 Å². The van der Waals surface area contributed by atoms with Crippen LogP contribution in [-0.2, 0) is 9.59 Å². The van der Waals surface area contributed by atoms with E-state index in [-0.39, 0.29) is 28.3 Å². The van der Waals surface area contributed by atoms with Crippen molar-refractivity contribution in [3.63, 3.8) is 0 Å². The molecule has 2 atom stereocenters. The Balaban J connectivity index is 0.000000300. The van der Waals surface area contributed by atoms with E-state index >= 15 is 0 Å². The molecular formula is C14H16ClF2N2O5-. The zero-order valence-electron chi connectivity index (χ0n) is 12.4. The number of benzene rings is 1. The van der Waals surface area contributed by atoms with Crippen molar-refractivity contribution in [2.45, 2.75) is 31.6 Å². The Hall–Kier alpha value is -1.97. The third-order valence-electron chi connectivity index (χ3n) is 3.06. The average Bonchev–Trinajstić information content (AvgIpc) is 3.00. The smallest absolute Gasteiger partial charge is 0.387 e. The molecule has 7 nitrogen and oxygen atoms in total. The molecule has 0 aromatic heterocycles. The molecule has 1 fully saturated rings. The predicted molar refractivity (Wildman–Crippen MR) is 78.3 cm³/mol. The quantitative estimate of drug-likeness (QED) is 0.672. The zero-order chi connectivity index (χ0) is 18.3. The Kier molecular flexibility index (Phi) is 7.83. The highest BCUT2D eigenvalue weighted by Gasteiger charge is 2.18. The molecule has 0 bridgehead atoms. The molecule has 24 heavy (non-hydrogen) atoms. The maximum atomic E-state index is 11.9. The molecule has 1 aromatic carbocycles. The van der Waals surface area contributed by atoms with E-state index in [9.17, 15) is 23.5 Å². The molecule has 0 radical (unpaired) electrons. The van der Waals surface area contributed by atoms with E-state index in [4.69, 9.17) is 22.4 Å². The van der Waals surface area contributed by atoms with Gasteiger partial charge in [0.05, 0.1) is 12.0 Å². The van der Waals surface area contributed by atoms with Crippen LogP contribution >= 0.6 is 11.6 Å². The molecule has 0 spiro atoms. The summed E-state index contributed by atoms with van der Waals surface area (Å²) in [5.74, 6) is -2.31. The minimum Gasteiger partial charge on any atom is -0.547 e. The van der Waals surface area contributed by atoms with E-state index in [0.29, 0.717) is 0 Å². The van der Waals surface area contributed by atoms with Gasteiger partial charge in [-0.15, -0.1) is 0 Å². The number of carbonyl (C=O) groups excluding carboxylic acids is 2. The second-order valence-electron chi connectivity index (χ2n) is 4.87. The number of hydrogen-bond acceptors (Lipinski definition) is 6. The van der Waals surface area contributed by atoms with Crippen molar-refractivity contribution in [1.29, 1.82) is 0 Å². The minimum atomic E-state index is -3.06. The number of hydrogen-bond donors (Lipinski definition) is 3. The number of nitrogens with two attached hydrogens (primary N) is 1. The maximum Gasteiger partial charge on any atom is 0.387 e. The zero-order valence-corrected chi connectivity index (χ0v) is 13.1. The predicted octanol–water partition coefficient (Wildman–Crippen LogP) is -0.0516. The van der Waals surface area contributed by atoms with Crippen LogP contribution in [0.1, 0.15) is 24.5 Å². The normalized spacial score (nSPS) is 17.8. The third kappa shape index (κ3) is 6.65. The minimum absolute atomic E-state index is 0.0338. The SMILES string of the molecule is NC(=O)[C@@H]1CCCN1.O=C([O-])[C@@H](O)c1cc(Cl)cc(OC(F)F)c1. The number of rotatable bonds is 5. The van der Waals surface area contributed by atoms with Gasteiger partial charge in [0.25, 0.3) is 0 Å². The number of primary amides is 1. The number of amides is 1. The van der Waals surface area contributed by atoms with Gasteiger partial charge >= 0.3 is 6.61 Å². The van der Waals surface area contributed by atoms with Crippen molar-refractivity contribution in [3.05, 3.63) is 28.8 Å². The molecule has 1 heterocycles. The van der Waals surface area contributed by atoms with Crippen LogP contribution in [-0.4, -0.2) is 36.2 Å². The summed E-state index contributed by atoms with van der Waals surface area (Å²) in [4.78, 5) is 20.7. The molecule has 2 rings (SSSR count). The van der Waals surface area contributed by atoms with Crippen molar-refractivity contribution in [2.75, 3.05) is 6.54 Å². The standard InChI is InChI=1S/C9H7ClF2O4.C5H10N2O/c10-5-1-4(7(13)8(14)15)2-6(3-5)16-9(11)12;6-5(8)4-2-1-3-7-4/h1-3,7,9,13H,(H,14,15);4,7H,1-3H2,(H2,6,8)/p-1/t7-;4-/m00/s1. The summed E-state index contributed by atoms with van der Waals surface area (Å²) in [6, 6.07) is 3.08. The second-order valence-corrected chi connectivity index (χ2v) is 5.31. The fourth-order valence-electron chi connectivity index (χ4n) is 1.98. The first-order chi connectivity index (χ1) is 11.2. The molecule has 1 aliphatic rings. The highest BCUT2D eigenvalue weighted by atomic mass is 35.5. The van der Waals surface area contributed by atoms with Crippen LogP contribution in [0, 0.1) is 0 Å². The van der Waals surface area contributed by atoms with Gasteiger partial charge in [0.2, 0.25) is 5.91 Å². The number of carboxylic acid groups (broad SMARTS) is 1. The van der Waals surface area contributed by atoms with Crippen LogP contribution in [0.15, 0.2) is 18.2 Å². The molecule has 1 aliphatic heterocycles. The van der Waals surface area contributed by atoms with Crippen LogP contribution in [0.25, 0.3) is 0 Å². The highest BCUT2D eigenvalue weighted by Crippen LogP contribution is 2.26. The summed E-state index contributed by atoms with van der Waals surface area (Å²) >= 11 is 5.53. The molecule has 134 valence electrons. The summed E-state index contributed by atoms with van der Waals surface area (Å²) in [7, 11) is 0. The number of aliphatic hydroxyl groups excluding tert-OH is 1. The van der Waals surface area contributed by atoms with Crippen molar-refractivity contribution < 1.29 is 33.3 Å². The lowest BCUT2D eigenvalue weighted by atomic mass is 10.1. The Morgan fingerprint density at radius 2 is 2.08 bits per heavy atom. The van der Waals surface area contributed by atoms with Gasteiger partial charge < -0.3 is 30.8 Å². The number of alkyl halides is 2. The summed E-state index contributed by atoms with van der Waals surface area (Å²) in [6.07, 6.45) is 0.0434. The first-order valence-corrected chi connectivity index (χ1v) is 7.25. The first-order valence-electron chi connectivity index (χ1n) is 6.87. The average molecular weight is 366 g/mol. The molecule has 1 amide bonds. The van der Waals surface area contributed by atoms with Crippen molar-refractivity contribution in [1.82, 2.24) is 5.32 Å². The van der Waals surface area contributed by atoms with E-state index in [1.54, 1.807) is 0 Å². The second kappa shape index (κ2) is 9.36. The molecule has 4 N–H and O–H groups in total. The lowest BCUT2D eigenvalue weighted by molar-refractivity contribution is -0.315. The number of nitrogens with one attached hydrogen (secondary N) is 1. The fourth-order valence-corrected chi connectivity index (χ4v) is 2.21. The Labute approximate surface area is 141 Å². The Bertz CT molecular complexity index is 582. The van der Waals surface area contributed by atoms with Gasteiger partial charge in [-0.25, -0.2) is 0 Å². The first kappa shape index (κ1) is 20.1. The number of aliphatic carboxylic acids is 1. The molecule has 0 aliphatic carbocycles.